The van der Waals surface area contributed by atoms with E-state index < -0.39 is 0 Å². The minimum atomic E-state index is -0.176. The summed E-state index contributed by atoms with van der Waals surface area (Å²) in [5.41, 5.74) is 2.00. The van der Waals surface area contributed by atoms with Gasteiger partial charge in [-0.15, -0.1) is 0 Å². The number of carbonyl (C=O) groups is 2. The number of benzene rings is 2. The number of piperazine rings is 1. The van der Waals surface area contributed by atoms with Crippen LogP contribution in [0.2, 0.25) is 0 Å². The summed E-state index contributed by atoms with van der Waals surface area (Å²) in [5.74, 6) is 0.515. The Kier molecular flexibility index (Phi) is 6.12. The lowest BCUT2D eigenvalue weighted by atomic mass is 10.2. The van der Waals surface area contributed by atoms with Gasteiger partial charge in [0.15, 0.2) is 6.61 Å². The lowest BCUT2D eigenvalue weighted by molar-refractivity contribution is -0.123. The summed E-state index contributed by atoms with van der Waals surface area (Å²) in [6.45, 7) is 2.25. The topological polar surface area (TPSA) is 70.7 Å². The minimum Gasteiger partial charge on any atom is -0.484 e. The number of anilines is 1. The molecule has 26 heavy (non-hydrogen) atoms. The molecule has 2 aromatic carbocycles. The van der Waals surface area contributed by atoms with E-state index in [1.165, 1.54) is 0 Å². The van der Waals surface area contributed by atoms with Crippen molar-refractivity contribution >= 4 is 33.4 Å². The highest BCUT2D eigenvalue weighted by atomic mass is 79.9. The second-order valence-electron chi connectivity index (χ2n) is 5.96. The van der Waals surface area contributed by atoms with Crippen molar-refractivity contribution in [3.8, 4) is 5.75 Å². The Hall–Kier alpha value is -2.54. The average molecular weight is 418 g/mol. The van der Waals surface area contributed by atoms with Crippen LogP contribution >= 0.6 is 15.9 Å². The summed E-state index contributed by atoms with van der Waals surface area (Å²) in [5, 5.41) is 5.65. The first kappa shape index (κ1) is 18.3. The number of nitrogens with one attached hydrogen (secondary N) is 2. The van der Waals surface area contributed by atoms with E-state index in [0.29, 0.717) is 25.4 Å². The number of hydrogen-bond donors (Lipinski definition) is 2. The molecule has 3 rings (SSSR count). The molecule has 0 saturated carbocycles. The molecule has 1 aliphatic rings. The monoisotopic (exact) mass is 417 g/mol. The third kappa shape index (κ3) is 5.23. The molecule has 2 aromatic rings. The maximum Gasteiger partial charge on any atom is 0.258 e. The van der Waals surface area contributed by atoms with Gasteiger partial charge in [0.1, 0.15) is 5.75 Å². The molecule has 7 heteroatoms. The van der Waals surface area contributed by atoms with Crippen LogP contribution in [0.1, 0.15) is 5.56 Å². The van der Waals surface area contributed by atoms with Gasteiger partial charge >= 0.3 is 0 Å². The molecule has 1 heterocycles. The van der Waals surface area contributed by atoms with Crippen LogP contribution in [0, 0.1) is 0 Å². The Bertz CT molecular complexity index is 763. The van der Waals surface area contributed by atoms with Crippen molar-refractivity contribution in [1.29, 1.82) is 0 Å². The molecule has 1 saturated heterocycles. The molecular formula is C19H20BrN3O3. The summed E-state index contributed by atoms with van der Waals surface area (Å²) in [6, 6.07) is 15.2. The van der Waals surface area contributed by atoms with Crippen molar-refractivity contribution in [2.24, 2.45) is 0 Å². The second-order valence-corrected chi connectivity index (χ2v) is 6.87. The second kappa shape index (κ2) is 8.71. The van der Waals surface area contributed by atoms with Crippen LogP contribution < -0.4 is 20.3 Å². The van der Waals surface area contributed by atoms with Crippen LogP contribution in [0.3, 0.4) is 0 Å². The van der Waals surface area contributed by atoms with E-state index in [9.17, 15) is 9.59 Å². The van der Waals surface area contributed by atoms with Crippen molar-refractivity contribution < 1.29 is 14.3 Å². The Morgan fingerprint density at radius 2 is 1.88 bits per heavy atom. The van der Waals surface area contributed by atoms with Gasteiger partial charge in [-0.1, -0.05) is 28.1 Å². The van der Waals surface area contributed by atoms with Gasteiger partial charge < -0.3 is 20.3 Å². The van der Waals surface area contributed by atoms with Crippen LogP contribution in [0.4, 0.5) is 5.69 Å². The summed E-state index contributed by atoms with van der Waals surface area (Å²) in [7, 11) is 0. The fraction of sp³-hybridized carbons (Fsp3) is 0.263. The van der Waals surface area contributed by atoms with Crippen molar-refractivity contribution in [3.05, 3.63) is 58.6 Å². The fourth-order valence-corrected chi connectivity index (χ4v) is 2.88. The standard InChI is InChI=1S/C19H20BrN3O3/c20-15-3-7-17(8-4-15)26-13-19(25)22-11-14-1-5-16(6-2-14)23-10-9-21-18(24)12-23/h1-8H,9-13H2,(H,21,24)(H,22,25). The fourth-order valence-electron chi connectivity index (χ4n) is 2.61. The molecule has 0 spiro atoms. The first-order chi connectivity index (χ1) is 12.6. The number of ether oxygens (including phenoxy) is 1. The maximum atomic E-state index is 11.9. The number of rotatable bonds is 6. The van der Waals surface area contributed by atoms with E-state index in [1.54, 1.807) is 12.1 Å². The van der Waals surface area contributed by atoms with E-state index in [0.717, 1.165) is 22.3 Å². The Balaban J connectivity index is 1.44. The number of amides is 2. The SMILES string of the molecule is O=C(COc1ccc(Br)cc1)NCc1ccc(N2CCNC(=O)C2)cc1. The number of carbonyl (C=O) groups excluding carboxylic acids is 2. The van der Waals surface area contributed by atoms with E-state index in [4.69, 9.17) is 4.74 Å². The van der Waals surface area contributed by atoms with E-state index >= 15 is 0 Å². The third-order valence-corrected chi connectivity index (χ3v) is 4.54. The molecule has 0 aliphatic carbocycles. The van der Waals surface area contributed by atoms with Gasteiger partial charge in [0.2, 0.25) is 5.91 Å². The third-order valence-electron chi connectivity index (χ3n) is 4.01. The normalized spacial score (nSPS) is 13.9. The Labute approximate surface area is 160 Å². The maximum absolute atomic E-state index is 11.9. The molecule has 6 nitrogen and oxygen atoms in total. The largest absolute Gasteiger partial charge is 0.484 e. The van der Waals surface area contributed by atoms with Crippen molar-refractivity contribution in [2.75, 3.05) is 31.1 Å². The molecule has 1 aliphatic heterocycles. The predicted molar refractivity (Wildman–Crippen MR) is 103 cm³/mol. The van der Waals surface area contributed by atoms with Crippen LogP contribution in [0.25, 0.3) is 0 Å². The smallest absolute Gasteiger partial charge is 0.258 e. The molecule has 136 valence electrons. The molecule has 0 radical (unpaired) electrons. The summed E-state index contributed by atoms with van der Waals surface area (Å²) < 4.78 is 6.40. The number of halogens is 1. The highest BCUT2D eigenvalue weighted by Gasteiger charge is 2.16. The van der Waals surface area contributed by atoms with E-state index in [2.05, 4.69) is 26.6 Å². The highest BCUT2D eigenvalue weighted by Crippen LogP contribution is 2.17. The van der Waals surface area contributed by atoms with Crippen molar-refractivity contribution in [2.45, 2.75) is 6.54 Å². The molecule has 2 N–H and O–H groups in total. The minimum absolute atomic E-state index is 0.0252. The lowest BCUT2D eigenvalue weighted by Gasteiger charge is -2.28. The highest BCUT2D eigenvalue weighted by molar-refractivity contribution is 9.10. The summed E-state index contributed by atoms with van der Waals surface area (Å²) in [4.78, 5) is 25.4. The number of nitrogens with zero attached hydrogens (tertiary/aromatic N) is 1. The zero-order chi connectivity index (χ0) is 18.4. The van der Waals surface area contributed by atoms with Gasteiger partial charge in [-0.25, -0.2) is 0 Å². The number of hydrogen-bond acceptors (Lipinski definition) is 4. The van der Waals surface area contributed by atoms with Crippen molar-refractivity contribution in [3.63, 3.8) is 0 Å². The van der Waals surface area contributed by atoms with Gasteiger partial charge in [-0.2, -0.15) is 0 Å². The van der Waals surface area contributed by atoms with Gasteiger partial charge in [-0.3, -0.25) is 9.59 Å². The van der Waals surface area contributed by atoms with Crippen LogP contribution in [-0.4, -0.2) is 38.1 Å². The summed E-state index contributed by atoms with van der Waals surface area (Å²) in [6.07, 6.45) is 0. The molecular weight excluding hydrogens is 398 g/mol. The van der Waals surface area contributed by atoms with Crippen molar-refractivity contribution in [1.82, 2.24) is 10.6 Å². The molecule has 0 aromatic heterocycles. The average Bonchev–Trinajstić information content (AvgIpc) is 2.66. The Morgan fingerprint density at radius 1 is 1.15 bits per heavy atom. The van der Waals surface area contributed by atoms with Crippen LogP contribution in [0.15, 0.2) is 53.0 Å². The predicted octanol–water partition coefficient (Wildman–Crippen LogP) is 2.08. The van der Waals surface area contributed by atoms with Crippen LogP contribution in [0.5, 0.6) is 5.75 Å². The zero-order valence-corrected chi connectivity index (χ0v) is 15.8. The molecule has 1 fully saturated rings. The van der Waals surface area contributed by atoms with Gasteiger partial charge in [-0.05, 0) is 42.0 Å². The van der Waals surface area contributed by atoms with Crippen LogP contribution in [-0.2, 0) is 16.1 Å². The summed E-state index contributed by atoms with van der Waals surface area (Å²) >= 11 is 3.35. The van der Waals surface area contributed by atoms with Gasteiger partial charge in [0.25, 0.3) is 5.91 Å². The van der Waals surface area contributed by atoms with Gasteiger partial charge in [0, 0.05) is 29.8 Å². The van der Waals surface area contributed by atoms with E-state index in [-0.39, 0.29) is 18.4 Å². The first-order valence-corrected chi connectivity index (χ1v) is 9.15. The molecule has 0 atom stereocenters. The van der Waals surface area contributed by atoms with Gasteiger partial charge in [0.05, 0.1) is 6.54 Å². The van der Waals surface area contributed by atoms with E-state index in [1.807, 2.05) is 41.3 Å². The zero-order valence-electron chi connectivity index (χ0n) is 14.2. The molecule has 0 bridgehead atoms. The first-order valence-electron chi connectivity index (χ1n) is 8.36. The lowest BCUT2D eigenvalue weighted by Crippen LogP contribution is -2.47. The molecule has 0 unspecified atom stereocenters. The quantitative estimate of drug-likeness (QED) is 0.754. The Morgan fingerprint density at radius 3 is 2.58 bits per heavy atom. The molecule has 2 amide bonds.